The van der Waals surface area contributed by atoms with Gasteiger partial charge in [0.05, 0.1) is 5.69 Å². The largest absolute Gasteiger partial charge is 0.475 e. The van der Waals surface area contributed by atoms with Crippen LogP contribution in [0.3, 0.4) is 0 Å². The zero-order chi connectivity index (χ0) is 14.0. The third kappa shape index (κ3) is 3.14. The molecule has 0 bridgehead atoms. The van der Waals surface area contributed by atoms with Gasteiger partial charge in [0.15, 0.2) is 0 Å². The molecule has 1 heterocycles. The maximum Gasteiger partial charge on any atom is 0.371 e. The van der Waals surface area contributed by atoms with E-state index in [1.165, 1.54) is 12.1 Å². The van der Waals surface area contributed by atoms with Gasteiger partial charge >= 0.3 is 5.97 Å². The van der Waals surface area contributed by atoms with Crippen LogP contribution in [-0.4, -0.2) is 11.1 Å². The Balaban J connectivity index is 2.14. The maximum absolute atomic E-state index is 13.5. The summed E-state index contributed by atoms with van der Waals surface area (Å²) in [4.78, 5) is 10.8. The minimum absolute atomic E-state index is 0.121. The van der Waals surface area contributed by atoms with E-state index in [0.717, 1.165) is 4.47 Å². The van der Waals surface area contributed by atoms with Crippen LogP contribution < -0.4 is 5.32 Å². The molecule has 0 amide bonds. The standard InChI is InChI=1S/C13H11BrFNO3/c1-7-8(4-12(19-7)13(17)18)6-16-11-5-9(14)2-3-10(11)15/h2-5,16H,6H2,1H3,(H,17,18). The van der Waals surface area contributed by atoms with E-state index in [-0.39, 0.29) is 18.1 Å². The van der Waals surface area contributed by atoms with Crippen LogP contribution in [0.2, 0.25) is 0 Å². The monoisotopic (exact) mass is 327 g/mol. The van der Waals surface area contributed by atoms with Gasteiger partial charge in [-0.15, -0.1) is 0 Å². The Morgan fingerprint density at radius 2 is 2.21 bits per heavy atom. The summed E-state index contributed by atoms with van der Waals surface area (Å²) in [5, 5.41) is 11.7. The lowest BCUT2D eigenvalue weighted by Crippen LogP contribution is -2.01. The third-order valence-corrected chi connectivity index (χ3v) is 3.12. The maximum atomic E-state index is 13.5. The van der Waals surface area contributed by atoms with Crippen molar-refractivity contribution < 1.29 is 18.7 Å². The van der Waals surface area contributed by atoms with Crippen LogP contribution in [-0.2, 0) is 6.54 Å². The van der Waals surface area contributed by atoms with Crippen molar-refractivity contribution in [3.05, 3.63) is 51.6 Å². The molecular weight excluding hydrogens is 317 g/mol. The van der Waals surface area contributed by atoms with Gasteiger partial charge in [0.2, 0.25) is 5.76 Å². The highest BCUT2D eigenvalue weighted by atomic mass is 79.9. The molecule has 2 rings (SSSR count). The van der Waals surface area contributed by atoms with Crippen molar-refractivity contribution in [2.24, 2.45) is 0 Å². The van der Waals surface area contributed by atoms with Crippen LogP contribution in [0.4, 0.5) is 10.1 Å². The Morgan fingerprint density at radius 1 is 1.47 bits per heavy atom. The molecule has 2 aromatic rings. The smallest absolute Gasteiger partial charge is 0.371 e. The predicted octanol–water partition coefficient (Wildman–Crippen LogP) is 3.80. The molecule has 0 saturated carbocycles. The fraction of sp³-hybridized carbons (Fsp3) is 0.154. The number of nitrogens with one attached hydrogen (secondary N) is 1. The molecule has 0 radical (unpaired) electrons. The van der Waals surface area contributed by atoms with Gasteiger partial charge in [-0.1, -0.05) is 15.9 Å². The molecule has 0 aliphatic rings. The van der Waals surface area contributed by atoms with Crippen LogP contribution in [0.5, 0.6) is 0 Å². The van der Waals surface area contributed by atoms with Gasteiger partial charge in [0, 0.05) is 16.6 Å². The summed E-state index contributed by atoms with van der Waals surface area (Å²) in [5.41, 5.74) is 1.02. The molecule has 0 aliphatic heterocycles. The summed E-state index contributed by atoms with van der Waals surface area (Å²) in [6.07, 6.45) is 0. The molecule has 100 valence electrons. The highest BCUT2D eigenvalue weighted by Crippen LogP contribution is 2.22. The van der Waals surface area contributed by atoms with Gasteiger partial charge in [-0.25, -0.2) is 9.18 Å². The van der Waals surface area contributed by atoms with Crippen LogP contribution in [0.15, 0.2) is 33.2 Å². The van der Waals surface area contributed by atoms with Gasteiger partial charge < -0.3 is 14.8 Å². The summed E-state index contributed by atoms with van der Waals surface area (Å²) in [5.74, 6) is -1.12. The zero-order valence-corrected chi connectivity index (χ0v) is 11.6. The summed E-state index contributed by atoms with van der Waals surface area (Å²) in [6.45, 7) is 1.96. The number of halogens is 2. The second-order valence-electron chi connectivity index (χ2n) is 3.97. The van der Waals surface area contributed by atoms with E-state index in [0.29, 0.717) is 17.0 Å². The molecule has 1 aromatic carbocycles. The summed E-state index contributed by atoms with van der Waals surface area (Å²) in [6, 6.07) is 5.99. The number of carbonyl (C=O) groups is 1. The molecule has 0 aliphatic carbocycles. The molecule has 0 spiro atoms. The van der Waals surface area contributed by atoms with E-state index in [2.05, 4.69) is 21.2 Å². The van der Waals surface area contributed by atoms with Crippen LogP contribution in [0.1, 0.15) is 21.9 Å². The fourth-order valence-corrected chi connectivity index (χ4v) is 1.99. The van der Waals surface area contributed by atoms with Crippen molar-refractivity contribution in [3.8, 4) is 0 Å². The lowest BCUT2D eigenvalue weighted by atomic mass is 10.2. The quantitative estimate of drug-likeness (QED) is 0.896. The second-order valence-corrected chi connectivity index (χ2v) is 4.89. The number of anilines is 1. The SMILES string of the molecule is Cc1oc(C(=O)O)cc1CNc1cc(Br)ccc1F. The lowest BCUT2D eigenvalue weighted by molar-refractivity contribution is 0.0661. The number of benzene rings is 1. The molecule has 2 N–H and O–H groups in total. The molecule has 1 aromatic heterocycles. The minimum atomic E-state index is -1.12. The van der Waals surface area contributed by atoms with Crippen molar-refractivity contribution in [3.63, 3.8) is 0 Å². The number of aromatic carboxylic acids is 1. The van der Waals surface area contributed by atoms with Crippen molar-refractivity contribution in [2.75, 3.05) is 5.32 Å². The third-order valence-electron chi connectivity index (χ3n) is 2.63. The van der Waals surface area contributed by atoms with Crippen molar-refractivity contribution >= 4 is 27.6 Å². The van der Waals surface area contributed by atoms with Crippen LogP contribution >= 0.6 is 15.9 Å². The highest BCUT2D eigenvalue weighted by Gasteiger charge is 2.13. The molecule has 0 saturated heterocycles. The number of rotatable bonds is 4. The molecule has 4 nitrogen and oxygen atoms in total. The van der Waals surface area contributed by atoms with E-state index in [1.54, 1.807) is 19.1 Å². The van der Waals surface area contributed by atoms with E-state index < -0.39 is 5.97 Å². The number of hydrogen-bond acceptors (Lipinski definition) is 3. The summed E-state index contributed by atoms with van der Waals surface area (Å²) >= 11 is 3.26. The van der Waals surface area contributed by atoms with Crippen LogP contribution in [0, 0.1) is 12.7 Å². The van der Waals surface area contributed by atoms with E-state index in [9.17, 15) is 9.18 Å². The fourth-order valence-electron chi connectivity index (χ4n) is 1.62. The van der Waals surface area contributed by atoms with Crippen molar-refractivity contribution in [2.45, 2.75) is 13.5 Å². The first-order valence-corrected chi connectivity index (χ1v) is 6.28. The lowest BCUT2D eigenvalue weighted by Gasteiger charge is -2.07. The molecular formula is C13H11BrFNO3. The average Bonchev–Trinajstić information content (AvgIpc) is 2.72. The first-order chi connectivity index (χ1) is 8.97. The minimum Gasteiger partial charge on any atom is -0.475 e. The van der Waals surface area contributed by atoms with Gasteiger partial charge in [0.25, 0.3) is 0 Å². The van der Waals surface area contributed by atoms with Crippen LogP contribution in [0.25, 0.3) is 0 Å². The van der Waals surface area contributed by atoms with Gasteiger partial charge in [-0.3, -0.25) is 0 Å². The Bertz CT molecular complexity index is 624. The summed E-state index contributed by atoms with van der Waals surface area (Å²) < 4.78 is 19.3. The van der Waals surface area contributed by atoms with Crippen molar-refractivity contribution in [1.82, 2.24) is 0 Å². The molecule has 0 atom stereocenters. The first kappa shape index (κ1) is 13.6. The number of furan rings is 1. The Labute approximate surface area is 117 Å². The zero-order valence-electron chi connectivity index (χ0n) is 10.0. The second kappa shape index (κ2) is 5.44. The first-order valence-electron chi connectivity index (χ1n) is 5.49. The highest BCUT2D eigenvalue weighted by molar-refractivity contribution is 9.10. The number of carboxylic acids is 1. The topological polar surface area (TPSA) is 62.5 Å². The Morgan fingerprint density at radius 3 is 2.84 bits per heavy atom. The number of hydrogen-bond donors (Lipinski definition) is 2. The van der Waals surface area contributed by atoms with Gasteiger partial charge in [0.1, 0.15) is 11.6 Å². The normalized spacial score (nSPS) is 10.5. The Hall–Kier alpha value is -1.82. The van der Waals surface area contributed by atoms with E-state index >= 15 is 0 Å². The van der Waals surface area contributed by atoms with Gasteiger partial charge in [-0.2, -0.15) is 0 Å². The predicted molar refractivity (Wildman–Crippen MR) is 71.8 cm³/mol. The number of aryl methyl sites for hydroxylation is 1. The molecule has 6 heteroatoms. The van der Waals surface area contributed by atoms with E-state index in [4.69, 9.17) is 9.52 Å². The molecule has 0 unspecified atom stereocenters. The Kier molecular flexibility index (Phi) is 3.90. The van der Waals surface area contributed by atoms with Crippen molar-refractivity contribution in [1.29, 1.82) is 0 Å². The summed E-state index contributed by atoms with van der Waals surface area (Å²) in [7, 11) is 0. The molecule has 0 fully saturated rings. The average molecular weight is 328 g/mol. The number of carboxylic acid groups (broad SMARTS) is 1. The van der Waals surface area contributed by atoms with Gasteiger partial charge in [-0.05, 0) is 31.2 Å². The van der Waals surface area contributed by atoms with E-state index in [1.807, 2.05) is 0 Å². The molecule has 19 heavy (non-hydrogen) atoms.